The summed E-state index contributed by atoms with van der Waals surface area (Å²) in [5, 5.41) is 12.1. The largest absolute Gasteiger partial charge is 0.338 e. The van der Waals surface area contributed by atoms with Crippen molar-refractivity contribution in [2.24, 2.45) is 0 Å². The maximum Gasteiger partial charge on any atom is 0.238 e. The van der Waals surface area contributed by atoms with E-state index in [4.69, 9.17) is 0 Å². The molecule has 0 bridgehead atoms. The molecule has 9 nitrogen and oxygen atoms in total. The summed E-state index contributed by atoms with van der Waals surface area (Å²) in [5.41, 5.74) is 6.09. The Hall–Kier alpha value is -4.96. The Balaban J connectivity index is 1.39. The number of nitrogens with one attached hydrogen (secondary N) is 3. The van der Waals surface area contributed by atoms with Crippen molar-refractivity contribution in [3.63, 3.8) is 0 Å². The Kier molecular flexibility index (Phi) is 5.85. The first kappa shape index (κ1) is 23.4. The molecule has 0 aliphatic rings. The molecule has 3 N–H and O–H groups in total. The molecule has 0 aliphatic heterocycles. The van der Waals surface area contributed by atoms with Crippen molar-refractivity contribution in [1.82, 2.24) is 35.0 Å². The second-order valence-electron chi connectivity index (χ2n) is 9.22. The van der Waals surface area contributed by atoms with Crippen molar-refractivity contribution < 1.29 is 9.18 Å². The van der Waals surface area contributed by atoms with Gasteiger partial charge in [0.25, 0.3) is 0 Å². The normalized spacial score (nSPS) is 11.5. The van der Waals surface area contributed by atoms with E-state index < -0.39 is 0 Å². The van der Waals surface area contributed by atoms with E-state index in [0.29, 0.717) is 28.3 Å². The van der Waals surface area contributed by atoms with Gasteiger partial charge < -0.3 is 15.2 Å². The number of carbonyl (C=O) groups excluding carboxylic acids is 1. The average molecular weight is 507 g/mol. The number of fused-ring (bicyclic) bond motifs is 2. The molecule has 6 aromatic rings. The van der Waals surface area contributed by atoms with E-state index in [1.807, 2.05) is 38.4 Å². The molecule has 5 heterocycles. The third kappa shape index (κ3) is 4.37. The van der Waals surface area contributed by atoms with E-state index in [2.05, 4.69) is 35.5 Å². The highest BCUT2D eigenvalue weighted by Gasteiger charge is 2.17. The van der Waals surface area contributed by atoms with Crippen molar-refractivity contribution in [1.29, 1.82) is 0 Å². The van der Waals surface area contributed by atoms with E-state index in [1.54, 1.807) is 47.9 Å². The van der Waals surface area contributed by atoms with Gasteiger partial charge in [-0.1, -0.05) is 18.2 Å². The summed E-state index contributed by atoms with van der Waals surface area (Å²) >= 11 is 0. The molecular weight excluding hydrogens is 483 g/mol. The molecule has 0 aliphatic carbocycles. The second-order valence-corrected chi connectivity index (χ2v) is 9.22. The number of amides is 1. The molecular formula is C28H23FN8O. The number of anilines is 1. The summed E-state index contributed by atoms with van der Waals surface area (Å²) in [6.45, 7) is 0.269. The maximum atomic E-state index is 14.6. The maximum absolute atomic E-state index is 14.6. The van der Waals surface area contributed by atoms with Gasteiger partial charge in [0.1, 0.15) is 17.2 Å². The number of nitrogens with zero attached hydrogens (tertiary/aromatic N) is 5. The minimum atomic E-state index is -0.294. The van der Waals surface area contributed by atoms with Crippen LogP contribution in [0.4, 0.5) is 10.1 Å². The Morgan fingerprint density at radius 1 is 1.00 bits per heavy atom. The summed E-state index contributed by atoms with van der Waals surface area (Å²) in [4.78, 5) is 30.6. The third-order valence-electron chi connectivity index (χ3n) is 6.18. The van der Waals surface area contributed by atoms with Crippen LogP contribution in [0.25, 0.3) is 55.7 Å². The SMILES string of the molecule is CN(C)CC(=O)Nc1cncc(-c2cc3c(-c4cc5c(-c6ccccc6F)ccnc5[nH]4)n[nH]c3cn2)c1. The van der Waals surface area contributed by atoms with Gasteiger partial charge in [-0.15, -0.1) is 0 Å². The summed E-state index contributed by atoms with van der Waals surface area (Å²) < 4.78 is 14.6. The lowest BCUT2D eigenvalue weighted by Gasteiger charge is -2.10. The lowest BCUT2D eigenvalue weighted by Crippen LogP contribution is -2.27. The number of benzene rings is 1. The number of pyridine rings is 3. The molecule has 10 heteroatoms. The van der Waals surface area contributed by atoms with Gasteiger partial charge >= 0.3 is 0 Å². The van der Waals surface area contributed by atoms with Gasteiger partial charge in [-0.25, -0.2) is 9.37 Å². The van der Waals surface area contributed by atoms with E-state index in [1.165, 1.54) is 6.07 Å². The summed E-state index contributed by atoms with van der Waals surface area (Å²) in [6, 6.07) is 14.2. The lowest BCUT2D eigenvalue weighted by molar-refractivity contribution is -0.116. The smallest absolute Gasteiger partial charge is 0.238 e. The van der Waals surface area contributed by atoms with Gasteiger partial charge in [-0.05, 0) is 50.0 Å². The molecule has 0 spiro atoms. The number of aromatic amines is 2. The van der Waals surface area contributed by atoms with Crippen molar-refractivity contribution in [3.05, 3.63) is 79.1 Å². The van der Waals surface area contributed by atoms with E-state index >= 15 is 0 Å². The number of rotatable bonds is 6. The van der Waals surface area contributed by atoms with Crippen LogP contribution < -0.4 is 5.32 Å². The number of hydrogen-bond acceptors (Lipinski definition) is 6. The van der Waals surface area contributed by atoms with Crippen LogP contribution >= 0.6 is 0 Å². The Bertz CT molecular complexity index is 1810. The number of hydrogen-bond donors (Lipinski definition) is 3. The zero-order valence-corrected chi connectivity index (χ0v) is 20.7. The number of halogens is 1. The highest BCUT2D eigenvalue weighted by atomic mass is 19.1. The Morgan fingerprint density at radius 3 is 2.71 bits per heavy atom. The summed E-state index contributed by atoms with van der Waals surface area (Å²) in [7, 11) is 3.67. The molecule has 0 saturated heterocycles. The zero-order valence-electron chi connectivity index (χ0n) is 20.7. The fourth-order valence-corrected chi connectivity index (χ4v) is 4.49. The average Bonchev–Trinajstić information content (AvgIpc) is 3.52. The molecule has 0 unspecified atom stereocenters. The number of H-pyrrole nitrogens is 2. The zero-order chi connectivity index (χ0) is 26.2. The summed E-state index contributed by atoms with van der Waals surface area (Å²) in [5.74, 6) is -0.422. The molecule has 188 valence electrons. The van der Waals surface area contributed by atoms with Crippen LogP contribution in [-0.4, -0.2) is 61.6 Å². The van der Waals surface area contributed by atoms with Crippen LogP contribution in [0.15, 0.2) is 73.3 Å². The highest BCUT2D eigenvalue weighted by molar-refractivity contribution is 6.00. The van der Waals surface area contributed by atoms with Crippen LogP contribution in [0.1, 0.15) is 0 Å². The van der Waals surface area contributed by atoms with Crippen molar-refractivity contribution in [2.75, 3.05) is 26.0 Å². The number of likely N-dealkylation sites (N-methyl/N-ethyl adjacent to an activating group) is 1. The first-order valence-corrected chi connectivity index (χ1v) is 11.9. The molecule has 1 aromatic carbocycles. The Labute approximate surface area is 216 Å². The van der Waals surface area contributed by atoms with Crippen LogP contribution in [-0.2, 0) is 4.79 Å². The van der Waals surface area contributed by atoms with Crippen LogP contribution in [0.3, 0.4) is 0 Å². The van der Waals surface area contributed by atoms with E-state index in [-0.39, 0.29) is 18.3 Å². The monoisotopic (exact) mass is 506 g/mol. The van der Waals surface area contributed by atoms with Gasteiger partial charge in [0, 0.05) is 34.3 Å². The van der Waals surface area contributed by atoms with Crippen molar-refractivity contribution in [3.8, 4) is 33.8 Å². The van der Waals surface area contributed by atoms with Crippen molar-refractivity contribution in [2.45, 2.75) is 0 Å². The highest BCUT2D eigenvalue weighted by Crippen LogP contribution is 2.34. The van der Waals surface area contributed by atoms with Crippen LogP contribution in [0.2, 0.25) is 0 Å². The predicted molar refractivity (Wildman–Crippen MR) is 145 cm³/mol. The van der Waals surface area contributed by atoms with Gasteiger partial charge in [0.05, 0.1) is 41.5 Å². The molecule has 6 rings (SSSR count). The molecule has 1 amide bonds. The third-order valence-corrected chi connectivity index (χ3v) is 6.18. The fraction of sp³-hybridized carbons (Fsp3) is 0.107. The molecule has 5 aromatic heterocycles. The van der Waals surface area contributed by atoms with Gasteiger partial charge in [-0.3, -0.25) is 19.9 Å². The molecule has 0 saturated carbocycles. The van der Waals surface area contributed by atoms with Crippen LogP contribution in [0.5, 0.6) is 0 Å². The first-order chi connectivity index (χ1) is 18.5. The van der Waals surface area contributed by atoms with Gasteiger partial charge in [0.2, 0.25) is 5.91 Å². The van der Waals surface area contributed by atoms with E-state index in [9.17, 15) is 9.18 Å². The van der Waals surface area contributed by atoms with Gasteiger partial charge in [0.15, 0.2) is 0 Å². The quantitative estimate of drug-likeness (QED) is 0.297. The molecule has 0 atom stereocenters. The van der Waals surface area contributed by atoms with Crippen molar-refractivity contribution >= 4 is 33.5 Å². The molecule has 0 fully saturated rings. The fourth-order valence-electron chi connectivity index (χ4n) is 4.49. The Morgan fingerprint density at radius 2 is 1.87 bits per heavy atom. The number of carbonyl (C=O) groups is 1. The van der Waals surface area contributed by atoms with Crippen LogP contribution in [0, 0.1) is 5.82 Å². The second kappa shape index (κ2) is 9.49. The van der Waals surface area contributed by atoms with E-state index in [0.717, 1.165) is 33.1 Å². The summed E-state index contributed by atoms with van der Waals surface area (Å²) in [6.07, 6.45) is 6.67. The molecule has 38 heavy (non-hydrogen) atoms. The lowest BCUT2D eigenvalue weighted by atomic mass is 10.0. The molecule has 0 radical (unpaired) electrons. The first-order valence-electron chi connectivity index (χ1n) is 11.9. The topological polar surface area (TPSA) is 115 Å². The van der Waals surface area contributed by atoms with Gasteiger partial charge in [-0.2, -0.15) is 5.10 Å². The number of aromatic nitrogens is 6. The standard InChI is InChI=1S/C28H23FN8O/c1-37(2)15-26(38)33-17-9-16(12-30-13-17)23-11-21-25(14-32-23)35-36-27(21)24-10-20-18(7-8-31-28(20)34-24)19-5-3-4-6-22(19)29/h3-14H,15H2,1-2H3,(H,31,34)(H,33,38)(H,35,36). The predicted octanol–water partition coefficient (Wildman–Crippen LogP) is 4.87. The minimum Gasteiger partial charge on any atom is -0.338 e. The minimum absolute atomic E-state index is 0.128.